The number of carbonyl (C=O) groups excluding carboxylic acids is 1. The molecular formula is C20H17F2N3O4. The highest BCUT2D eigenvalue weighted by molar-refractivity contribution is 5.76. The molecule has 150 valence electrons. The molecule has 4 rings (SSSR count). The molecule has 1 aliphatic heterocycles. The standard InChI is InChI=1S/C20H17F2N3O4/c1-11-2-3-13(19(22)18(11)21)9-23-16(26)6-7-17-24-25-20(29-17)12-4-5-14-15(8-12)28-10-27-14/h2-5,8H,6-7,9-10H2,1H3,(H,23,26). The van der Waals surface area contributed by atoms with Gasteiger partial charge in [0.15, 0.2) is 23.1 Å². The number of nitrogens with one attached hydrogen (secondary N) is 1. The summed E-state index contributed by atoms with van der Waals surface area (Å²) in [6.07, 6.45) is 0.285. The summed E-state index contributed by atoms with van der Waals surface area (Å²) in [4.78, 5) is 12.0. The van der Waals surface area contributed by atoms with Crippen LogP contribution < -0.4 is 14.8 Å². The number of amides is 1. The lowest BCUT2D eigenvalue weighted by Crippen LogP contribution is -2.23. The molecule has 0 aliphatic carbocycles. The summed E-state index contributed by atoms with van der Waals surface area (Å²) in [5, 5.41) is 10.5. The maximum atomic E-state index is 13.8. The predicted octanol–water partition coefficient (Wildman–Crippen LogP) is 3.30. The van der Waals surface area contributed by atoms with Crippen molar-refractivity contribution in [2.45, 2.75) is 26.3 Å². The van der Waals surface area contributed by atoms with Gasteiger partial charge in [-0.25, -0.2) is 8.78 Å². The molecule has 2 heterocycles. The van der Waals surface area contributed by atoms with Gasteiger partial charge in [-0.05, 0) is 30.7 Å². The van der Waals surface area contributed by atoms with Crippen molar-refractivity contribution in [2.24, 2.45) is 0 Å². The van der Waals surface area contributed by atoms with E-state index in [0.717, 1.165) is 0 Å². The van der Waals surface area contributed by atoms with Crippen molar-refractivity contribution >= 4 is 5.91 Å². The molecule has 0 saturated carbocycles. The third-order valence-electron chi connectivity index (χ3n) is 4.48. The fourth-order valence-electron chi connectivity index (χ4n) is 2.83. The summed E-state index contributed by atoms with van der Waals surface area (Å²) in [5.41, 5.74) is 0.978. The van der Waals surface area contributed by atoms with Crippen LogP contribution in [0.4, 0.5) is 8.78 Å². The van der Waals surface area contributed by atoms with Crippen molar-refractivity contribution in [2.75, 3.05) is 6.79 Å². The number of ether oxygens (including phenoxy) is 2. The van der Waals surface area contributed by atoms with Crippen molar-refractivity contribution in [1.29, 1.82) is 0 Å². The molecule has 0 bridgehead atoms. The number of benzene rings is 2. The van der Waals surface area contributed by atoms with Gasteiger partial charge in [-0.1, -0.05) is 12.1 Å². The van der Waals surface area contributed by atoms with Crippen molar-refractivity contribution in [1.82, 2.24) is 15.5 Å². The van der Waals surface area contributed by atoms with Crippen molar-refractivity contribution < 1.29 is 27.5 Å². The molecule has 0 unspecified atom stereocenters. The van der Waals surface area contributed by atoms with Gasteiger partial charge in [0.05, 0.1) is 0 Å². The first kappa shape index (κ1) is 18.9. The van der Waals surface area contributed by atoms with Gasteiger partial charge >= 0.3 is 0 Å². The molecule has 1 amide bonds. The quantitative estimate of drug-likeness (QED) is 0.682. The Morgan fingerprint density at radius 1 is 1.10 bits per heavy atom. The molecule has 3 aromatic rings. The van der Waals surface area contributed by atoms with Crippen LogP contribution in [0.1, 0.15) is 23.4 Å². The summed E-state index contributed by atoms with van der Waals surface area (Å²) in [6.45, 7) is 1.54. The van der Waals surface area contributed by atoms with Gasteiger partial charge in [-0.15, -0.1) is 10.2 Å². The van der Waals surface area contributed by atoms with Crippen LogP contribution in [0.3, 0.4) is 0 Å². The molecular weight excluding hydrogens is 384 g/mol. The Balaban J connectivity index is 1.32. The number of halogens is 2. The lowest BCUT2D eigenvalue weighted by Gasteiger charge is -2.07. The molecule has 0 saturated heterocycles. The number of hydrogen-bond acceptors (Lipinski definition) is 6. The van der Waals surface area contributed by atoms with Crippen LogP contribution in [0.15, 0.2) is 34.7 Å². The highest BCUT2D eigenvalue weighted by Gasteiger charge is 2.17. The van der Waals surface area contributed by atoms with E-state index < -0.39 is 11.6 Å². The number of aromatic nitrogens is 2. The van der Waals surface area contributed by atoms with E-state index in [4.69, 9.17) is 13.9 Å². The molecule has 9 heteroatoms. The van der Waals surface area contributed by atoms with Crippen molar-refractivity contribution in [3.8, 4) is 23.0 Å². The highest BCUT2D eigenvalue weighted by Crippen LogP contribution is 2.35. The van der Waals surface area contributed by atoms with E-state index in [9.17, 15) is 13.6 Å². The topological polar surface area (TPSA) is 86.5 Å². The van der Waals surface area contributed by atoms with Gasteiger partial charge in [0.25, 0.3) is 0 Å². The number of nitrogens with zero attached hydrogens (tertiary/aromatic N) is 2. The molecule has 1 aromatic heterocycles. The zero-order valence-corrected chi connectivity index (χ0v) is 15.5. The van der Waals surface area contributed by atoms with E-state index in [2.05, 4.69) is 15.5 Å². The second kappa shape index (κ2) is 7.86. The number of fused-ring (bicyclic) bond motifs is 1. The number of carbonyl (C=O) groups is 1. The summed E-state index contributed by atoms with van der Waals surface area (Å²) in [7, 11) is 0. The smallest absolute Gasteiger partial charge is 0.247 e. The summed E-state index contributed by atoms with van der Waals surface area (Å²) in [6, 6.07) is 8.18. The average molecular weight is 401 g/mol. The molecule has 2 aromatic carbocycles. The van der Waals surface area contributed by atoms with Crippen molar-refractivity contribution in [3.05, 3.63) is 59.0 Å². The first-order chi connectivity index (χ1) is 14.0. The van der Waals surface area contributed by atoms with Crippen LogP contribution in [0.2, 0.25) is 0 Å². The third-order valence-corrected chi connectivity index (χ3v) is 4.48. The summed E-state index contributed by atoms with van der Waals surface area (Å²) >= 11 is 0. The van der Waals surface area contributed by atoms with Gasteiger partial charge < -0.3 is 19.2 Å². The Bertz CT molecular complexity index is 1070. The molecule has 7 nitrogen and oxygen atoms in total. The third kappa shape index (κ3) is 4.03. The largest absolute Gasteiger partial charge is 0.454 e. The van der Waals surface area contributed by atoms with E-state index in [1.165, 1.54) is 19.1 Å². The number of hydrogen-bond donors (Lipinski definition) is 1. The Kier molecular flexibility index (Phi) is 5.11. The van der Waals surface area contributed by atoms with Crippen LogP contribution in [0.5, 0.6) is 11.5 Å². The van der Waals surface area contributed by atoms with Crippen LogP contribution in [-0.2, 0) is 17.8 Å². The normalized spacial score (nSPS) is 12.2. The molecule has 0 fully saturated rings. The molecule has 29 heavy (non-hydrogen) atoms. The van der Waals surface area contributed by atoms with E-state index in [0.29, 0.717) is 28.8 Å². The van der Waals surface area contributed by atoms with Crippen LogP contribution >= 0.6 is 0 Å². The lowest BCUT2D eigenvalue weighted by molar-refractivity contribution is -0.121. The Hall–Kier alpha value is -3.49. The fourth-order valence-corrected chi connectivity index (χ4v) is 2.83. The van der Waals surface area contributed by atoms with Gasteiger partial charge in [0.2, 0.25) is 24.5 Å². The van der Waals surface area contributed by atoms with Gasteiger partial charge in [0.1, 0.15) is 0 Å². The minimum absolute atomic E-state index is 0.0682. The van der Waals surface area contributed by atoms with E-state index in [1.807, 2.05) is 0 Å². The second-order valence-corrected chi connectivity index (χ2v) is 6.52. The first-order valence-corrected chi connectivity index (χ1v) is 8.94. The molecule has 1 aliphatic rings. The van der Waals surface area contributed by atoms with Crippen LogP contribution in [0.25, 0.3) is 11.5 Å². The predicted molar refractivity (Wildman–Crippen MR) is 97.1 cm³/mol. The van der Waals surface area contributed by atoms with Gasteiger partial charge in [0, 0.05) is 30.5 Å². The Morgan fingerprint density at radius 2 is 1.93 bits per heavy atom. The average Bonchev–Trinajstić information content (AvgIpc) is 3.38. The molecule has 0 spiro atoms. The van der Waals surface area contributed by atoms with Gasteiger partial charge in [-0.2, -0.15) is 0 Å². The Labute approximate surface area is 164 Å². The van der Waals surface area contributed by atoms with E-state index in [1.54, 1.807) is 18.2 Å². The second-order valence-electron chi connectivity index (χ2n) is 6.52. The van der Waals surface area contributed by atoms with E-state index in [-0.39, 0.29) is 43.2 Å². The summed E-state index contributed by atoms with van der Waals surface area (Å²) < 4.78 is 43.6. The molecule has 0 radical (unpaired) electrons. The maximum Gasteiger partial charge on any atom is 0.247 e. The summed E-state index contributed by atoms with van der Waals surface area (Å²) in [5.74, 6) is -0.352. The SMILES string of the molecule is Cc1ccc(CNC(=O)CCc2nnc(-c3ccc4c(c3)OCO4)o2)c(F)c1F. The zero-order chi connectivity index (χ0) is 20.4. The van der Waals surface area contributed by atoms with Crippen LogP contribution in [-0.4, -0.2) is 22.9 Å². The number of rotatable bonds is 6. The lowest BCUT2D eigenvalue weighted by atomic mass is 10.1. The minimum atomic E-state index is -0.949. The van der Waals surface area contributed by atoms with Gasteiger partial charge in [-0.3, -0.25) is 4.79 Å². The zero-order valence-electron chi connectivity index (χ0n) is 15.5. The fraction of sp³-hybridized carbons (Fsp3) is 0.250. The number of aryl methyl sites for hydroxylation is 2. The highest BCUT2D eigenvalue weighted by atomic mass is 19.2. The maximum absolute atomic E-state index is 13.8. The molecule has 0 atom stereocenters. The first-order valence-electron chi connectivity index (χ1n) is 8.94. The minimum Gasteiger partial charge on any atom is -0.454 e. The van der Waals surface area contributed by atoms with E-state index >= 15 is 0 Å². The monoisotopic (exact) mass is 401 g/mol. The Morgan fingerprint density at radius 3 is 2.79 bits per heavy atom. The van der Waals surface area contributed by atoms with Crippen LogP contribution in [0, 0.1) is 18.6 Å². The molecule has 1 N–H and O–H groups in total. The van der Waals surface area contributed by atoms with Crippen molar-refractivity contribution in [3.63, 3.8) is 0 Å².